The van der Waals surface area contributed by atoms with Gasteiger partial charge in [0.15, 0.2) is 0 Å². The Balaban J connectivity index is 1.70. The van der Waals surface area contributed by atoms with Gasteiger partial charge in [-0.25, -0.2) is 18.6 Å². The number of fused-ring (bicyclic) bond motifs is 2. The van der Waals surface area contributed by atoms with E-state index >= 15 is 0 Å². The van der Waals surface area contributed by atoms with Crippen LogP contribution in [0.1, 0.15) is 69.0 Å². The highest BCUT2D eigenvalue weighted by Crippen LogP contribution is 2.38. The summed E-state index contributed by atoms with van der Waals surface area (Å²) in [7, 11) is 0. The molecule has 1 aliphatic rings. The number of alkyl halides is 2. The lowest BCUT2D eigenvalue weighted by Gasteiger charge is -2.12. The molecule has 0 bridgehead atoms. The van der Waals surface area contributed by atoms with Crippen LogP contribution in [0.5, 0.6) is 0 Å². The van der Waals surface area contributed by atoms with Gasteiger partial charge in [0.1, 0.15) is 10.7 Å². The maximum atomic E-state index is 13.3. The number of carbonyl (C=O) groups excluding carboxylic acids is 2. The van der Waals surface area contributed by atoms with Crippen molar-refractivity contribution in [1.29, 1.82) is 0 Å². The molecule has 3 aromatic heterocycles. The smallest absolute Gasteiger partial charge is 0.341 e. The van der Waals surface area contributed by atoms with Crippen molar-refractivity contribution in [2.24, 2.45) is 0 Å². The van der Waals surface area contributed by atoms with E-state index in [1.54, 1.807) is 13.8 Å². The van der Waals surface area contributed by atoms with Gasteiger partial charge in [-0.3, -0.25) is 4.79 Å². The minimum atomic E-state index is -2.80. The number of aromatic nitrogens is 4. The first-order valence-corrected chi connectivity index (χ1v) is 10.4. The molecule has 0 radical (unpaired) electrons. The Labute approximate surface area is 174 Å². The largest absolute Gasteiger partial charge is 0.462 e. The van der Waals surface area contributed by atoms with Crippen LogP contribution in [0.2, 0.25) is 0 Å². The highest BCUT2D eigenvalue weighted by Gasteiger charge is 2.28. The van der Waals surface area contributed by atoms with Crippen LogP contribution < -0.4 is 5.32 Å². The average Bonchev–Trinajstić information content (AvgIpc) is 3.28. The van der Waals surface area contributed by atoms with E-state index in [-0.39, 0.29) is 18.2 Å². The standard InChI is InChI=1S/C19H19F2N5O3S/c1-3-29-18(28)13-10-6-4-5-7-12(10)30-17(13)24-16(27)15-23-19-22-9(2)8-11(14(20)21)26(19)25-15/h8,14H,3-7H2,1-2H3,(H,24,27). The molecular formula is C19H19F2N5O3S. The molecule has 1 aliphatic carbocycles. The maximum Gasteiger partial charge on any atom is 0.341 e. The number of esters is 1. The minimum absolute atomic E-state index is 0.0912. The van der Waals surface area contributed by atoms with Gasteiger partial charge in [-0.05, 0) is 51.2 Å². The molecule has 1 N–H and O–H groups in total. The van der Waals surface area contributed by atoms with Crippen LogP contribution in [0.15, 0.2) is 6.07 Å². The first-order chi connectivity index (χ1) is 14.4. The maximum absolute atomic E-state index is 13.3. The van der Waals surface area contributed by atoms with E-state index < -0.39 is 24.0 Å². The van der Waals surface area contributed by atoms with E-state index in [4.69, 9.17) is 4.74 Å². The van der Waals surface area contributed by atoms with Crippen molar-refractivity contribution >= 4 is 34.0 Å². The fourth-order valence-corrected chi connectivity index (χ4v) is 4.77. The molecular weight excluding hydrogens is 416 g/mol. The fraction of sp³-hybridized carbons (Fsp3) is 0.421. The number of halogens is 2. The van der Waals surface area contributed by atoms with Gasteiger partial charge in [-0.15, -0.1) is 16.4 Å². The van der Waals surface area contributed by atoms with Gasteiger partial charge in [-0.2, -0.15) is 9.50 Å². The molecule has 0 atom stereocenters. The van der Waals surface area contributed by atoms with Gasteiger partial charge in [-0.1, -0.05) is 0 Å². The zero-order valence-electron chi connectivity index (χ0n) is 16.4. The van der Waals surface area contributed by atoms with Crippen molar-refractivity contribution in [3.05, 3.63) is 39.3 Å². The third-order valence-electron chi connectivity index (χ3n) is 4.77. The zero-order chi connectivity index (χ0) is 21.4. The second kappa shape index (κ2) is 8.05. The third-order valence-corrected chi connectivity index (χ3v) is 5.98. The van der Waals surface area contributed by atoms with Crippen LogP contribution in [0, 0.1) is 6.92 Å². The molecule has 3 heterocycles. The van der Waals surface area contributed by atoms with Gasteiger partial charge in [0.2, 0.25) is 5.82 Å². The number of rotatable bonds is 5. The van der Waals surface area contributed by atoms with Crippen molar-refractivity contribution in [3.63, 3.8) is 0 Å². The second-order valence-electron chi connectivity index (χ2n) is 6.86. The summed E-state index contributed by atoms with van der Waals surface area (Å²) in [5, 5.41) is 6.94. The number of thiophene rings is 1. The predicted molar refractivity (Wildman–Crippen MR) is 105 cm³/mol. The van der Waals surface area contributed by atoms with Crippen LogP contribution in [0.4, 0.5) is 13.8 Å². The summed E-state index contributed by atoms with van der Waals surface area (Å²) >= 11 is 1.33. The van der Waals surface area contributed by atoms with E-state index in [0.717, 1.165) is 40.6 Å². The molecule has 0 unspecified atom stereocenters. The van der Waals surface area contributed by atoms with Crippen LogP contribution in [0.25, 0.3) is 5.78 Å². The first-order valence-electron chi connectivity index (χ1n) is 9.54. The van der Waals surface area contributed by atoms with Crippen LogP contribution >= 0.6 is 11.3 Å². The number of hydrogen-bond donors (Lipinski definition) is 1. The molecule has 11 heteroatoms. The molecule has 8 nitrogen and oxygen atoms in total. The summed E-state index contributed by atoms with van der Waals surface area (Å²) in [6, 6.07) is 1.19. The summed E-state index contributed by atoms with van der Waals surface area (Å²) in [5.74, 6) is -1.60. The number of ether oxygens (including phenoxy) is 1. The SMILES string of the molecule is CCOC(=O)c1c(NC(=O)c2nc3nc(C)cc(C(F)F)n3n2)sc2c1CCCC2. The quantitative estimate of drug-likeness (QED) is 0.613. The Morgan fingerprint density at radius 2 is 2.07 bits per heavy atom. The number of nitrogens with one attached hydrogen (secondary N) is 1. The third kappa shape index (κ3) is 3.64. The Hall–Kier alpha value is -2.95. The van der Waals surface area contributed by atoms with E-state index in [0.29, 0.717) is 16.3 Å². The van der Waals surface area contributed by atoms with E-state index in [9.17, 15) is 18.4 Å². The fourth-order valence-electron chi connectivity index (χ4n) is 3.50. The molecule has 30 heavy (non-hydrogen) atoms. The lowest BCUT2D eigenvalue weighted by Crippen LogP contribution is -2.17. The number of carbonyl (C=O) groups is 2. The molecule has 158 valence electrons. The van der Waals surface area contributed by atoms with Gasteiger partial charge in [0.25, 0.3) is 18.1 Å². The Bertz CT molecular complexity index is 1140. The first kappa shape index (κ1) is 20.3. The summed E-state index contributed by atoms with van der Waals surface area (Å²) in [5.41, 5.74) is 1.20. The normalized spacial score (nSPS) is 13.5. The molecule has 0 saturated heterocycles. The molecule has 0 aliphatic heterocycles. The summed E-state index contributed by atoms with van der Waals surface area (Å²) in [6.45, 7) is 3.49. The molecule has 0 fully saturated rings. The predicted octanol–water partition coefficient (Wildman–Crippen LogP) is 3.74. The van der Waals surface area contributed by atoms with Gasteiger partial charge >= 0.3 is 5.97 Å². The van der Waals surface area contributed by atoms with Crippen molar-refractivity contribution in [2.75, 3.05) is 11.9 Å². The lowest BCUT2D eigenvalue weighted by molar-refractivity contribution is 0.0526. The number of amides is 1. The van der Waals surface area contributed by atoms with Crippen molar-refractivity contribution in [2.45, 2.75) is 46.0 Å². The molecule has 0 saturated carbocycles. The van der Waals surface area contributed by atoms with Gasteiger partial charge in [0, 0.05) is 10.6 Å². The van der Waals surface area contributed by atoms with E-state index in [1.807, 2.05) is 0 Å². The Morgan fingerprint density at radius 1 is 1.30 bits per heavy atom. The molecule has 0 spiro atoms. The van der Waals surface area contributed by atoms with Crippen molar-refractivity contribution in [3.8, 4) is 0 Å². The Morgan fingerprint density at radius 3 is 2.80 bits per heavy atom. The summed E-state index contributed by atoms with van der Waals surface area (Å²) in [4.78, 5) is 34.4. The van der Waals surface area contributed by atoms with Crippen molar-refractivity contribution < 1.29 is 23.1 Å². The van der Waals surface area contributed by atoms with E-state index in [1.165, 1.54) is 17.4 Å². The van der Waals surface area contributed by atoms with Gasteiger partial charge < -0.3 is 10.1 Å². The molecule has 1 amide bonds. The van der Waals surface area contributed by atoms with Crippen LogP contribution in [0.3, 0.4) is 0 Å². The highest BCUT2D eigenvalue weighted by atomic mass is 32.1. The number of anilines is 1. The Kier molecular flexibility index (Phi) is 5.46. The molecule has 0 aromatic carbocycles. The van der Waals surface area contributed by atoms with Gasteiger partial charge in [0.05, 0.1) is 12.2 Å². The number of nitrogens with zero attached hydrogens (tertiary/aromatic N) is 4. The van der Waals surface area contributed by atoms with Crippen molar-refractivity contribution in [1.82, 2.24) is 19.6 Å². The average molecular weight is 435 g/mol. The second-order valence-corrected chi connectivity index (χ2v) is 7.97. The van der Waals surface area contributed by atoms with Crippen LogP contribution in [-0.2, 0) is 17.6 Å². The highest BCUT2D eigenvalue weighted by molar-refractivity contribution is 7.17. The van der Waals surface area contributed by atoms with E-state index in [2.05, 4.69) is 20.4 Å². The molecule has 3 aromatic rings. The monoisotopic (exact) mass is 435 g/mol. The number of aryl methyl sites for hydroxylation is 2. The lowest BCUT2D eigenvalue weighted by atomic mass is 9.95. The minimum Gasteiger partial charge on any atom is -0.462 e. The topological polar surface area (TPSA) is 98.5 Å². The summed E-state index contributed by atoms with van der Waals surface area (Å²) in [6.07, 6.45) is 0.739. The summed E-state index contributed by atoms with van der Waals surface area (Å²) < 4.78 is 32.7. The zero-order valence-corrected chi connectivity index (χ0v) is 17.2. The van der Waals surface area contributed by atoms with Crippen LogP contribution in [-0.4, -0.2) is 38.1 Å². The molecule has 4 rings (SSSR count). The number of hydrogen-bond acceptors (Lipinski definition) is 7.